The fourth-order valence-corrected chi connectivity index (χ4v) is 3.79. The average Bonchev–Trinajstić information content (AvgIpc) is 3.00. The van der Waals surface area contributed by atoms with Crippen LogP contribution in [-0.2, 0) is 9.84 Å². The van der Waals surface area contributed by atoms with E-state index in [1.807, 2.05) is 19.2 Å². The molecule has 0 amide bonds. The molecule has 1 fully saturated rings. The van der Waals surface area contributed by atoms with Gasteiger partial charge in [-0.15, -0.1) is 0 Å². The summed E-state index contributed by atoms with van der Waals surface area (Å²) in [5, 5.41) is 3.32. The van der Waals surface area contributed by atoms with Crippen molar-refractivity contribution >= 4 is 9.84 Å². The molecule has 96 valence electrons. The first-order valence-corrected chi connectivity index (χ1v) is 7.96. The zero-order valence-electron chi connectivity index (χ0n) is 10.3. The highest BCUT2D eigenvalue weighted by atomic mass is 32.2. The van der Waals surface area contributed by atoms with Gasteiger partial charge in [0, 0.05) is 23.4 Å². The molecule has 0 aromatic carbocycles. The van der Waals surface area contributed by atoms with Crippen molar-refractivity contribution in [3.8, 4) is 0 Å². The predicted octanol–water partition coefficient (Wildman–Crippen LogP) is 0.428. The molecule has 2 rings (SSSR count). The Hall–Kier alpha value is -0.810. The van der Waals surface area contributed by atoms with Crippen molar-refractivity contribution in [2.75, 3.05) is 19.1 Å². The lowest BCUT2D eigenvalue weighted by atomic mass is 9.77. The van der Waals surface area contributed by atoms with Crippen molar-refractivity contribution < 1.29 is 8.42 Å². The third-order valence-electron chi connectivity index (χ3n) is 3.73. The Morgan fingerprint density at radius 1 is 1.53 bits per heavy atom. The topological polar surface area (TPSA) is 72.2 Å². The van der Waals surface area contributed by atoms with E-state index in [4.69, 9.17) is 5.73 Å². The summed E-state index contributed by atoms with van der Waals surface area (Å²) in [6.07, 6.45) is 9.40. The molecule has 2 unspecified atom stereocenters. The molecule has 0 aliphatic heterocycles. The van der Waals surface area contributed by atoms with Gasteiger partial charge in [-0.2, -0.15) is 0 Å². The van der Waals surface area contributed by atoms with Gasteiger partial charge in [-0.05, 0) is 31.9 Å². The Morgan fingerprint density at radius 2 is 2.18 bits per heavy atom. The van der Waals surface area contributed by atoms with Gasteiger partial charge in [-0.3, -0.25) is 0 Å². The third-order valence-corrected chi connectivity index (χ3v) is 4.69. The smallest absolute Gasteiger partial charge is 0.148 e. The van der Waals surface area contributed by atoms with Crippen LogP contribution in [-0.4, -0.2) is 33.0 Å². The minimum atomic E-state index is -3.01. The summed E-state index contributed by atoms with van der Waals surface area (Å²) < 4.78 is 23.1. The quantitative estimate of drug-likeness (QED) is 0.765. The SMILES string of the molecule is CNC1(C2CC2)C=CC(N)=CC1CS(C)(=O)=O. The van der Waals surface area contributed by atoms with Crippen LogP contribution in [0.3, 0.4) is 0 Å². The van der Waals surface area contributed by atoms with E-state index in [0.29, 0.717) is 11.6 Å². The minimum absolute atomic E-state index is 0.0694. The summed E-state index contributed by atoms with van der Waals surface area (Å²) in [4.78, 5) is 0. The standard InChI is InChI=1S/C12H20N2O2S/c1-14-12(9-3-4-9)6-5-11(13)7-10(12)8-17(2,15)16/h5-7,9-10,14H,3-4,8,13H2,1-2H3. The fourth-order valence-electron chi connectivity index (χ4n) is 2.77. The largest absolute Gasteiger partial charge is 0.399 e. The first-order chi connectivity index (χ1) is 7.87. The lowest BCUT2D eigenvalue weighted by Crippen LogP contribution is -2.52. The van der Waals surface area contributed by atoms with Crippen LogP contribution in [0.2, 0.25) is 0 Å². The second-order valence-corrected chi connectivity index (χ2v) is 7.34. The molecule has 4 nitrogen and oxygen atoms in total. The molecule has 0 heterocycles. The molecule has 0 radical (unpaired) electrons. The van der Waals surface area contributed by atoms with Gasteiger partial charge in [0.15, 0.2) is 0 Å². The van der Waals surface area contributed by atoms with Gasteiger partial charge in [0.25, 0.3) is 0 Å². The van der Waals surface area contributed by atoms with Gasteiger partial charge in [0.2, 0.25) is 0 Å². The van der Waals surface area contributed by atoms with Crippen LogP contribution in [0.1, 0.15) is 12.8 Å². The van der Waals surface area contributed by atoms with Gasteiger partial charge in [0.1, 0.15) is 9.84 Å². The normalized spacial score (nSPS) is 33.5. The van der Waals surface area contributed by atoms with E-state index < -0.39 is 9.84 Å². The van der Waals surface area contributed by atoms with Crippen LogP contribution < -0.4 is 11.1 Å². The summed E-state index contributed by atoms with van der Waals surface area (Å²) in [7, 11) is -1.11. The van der Waals surface area contributed by atoms with E-state index in [2.05, 4.69) is 11.4 Å². The van der Waals surface area contributed by atoms with Crippen LogP contribution >= 0.6 is 0 Å². The molecule has 0 aromatic heterocycles. The number of nitrogens with one attached hydrogen (secondary N) is 1. The van der Waals surface area contributed by atoms with Gasteiger partial charge >= 0.3 is 0 Å². The summed E-state index contributed by atoms with van der Waals surface area (Å²) in [5.74, 6) is 0.606. The van der Waals surface area contributed by atoms with Crippen LogP contribution in [0.4, 0.5) is 0 Å². The van der Waals surface area contributed by atoms with Crippen LogP contribution in [0, 0.1) is 11.8 Å². The Kier molecular flexibility index (Phi) is 3.08. The molecule has 2 atom stereocenters. The van der Waals surface area contributed by atoms with Gasteiger partial charge in [-0.1, -0.05) is 12.2 Å². The monoisotopic (exact) mass is 256 g/mol. The van der Waals surface area contributed by atoms with Gasteiger partial charge < -0.3 is 11.1 Å². The lowest BCUT2D eigenvalue weighted by molar-refractivity contribution is 0.303. The van der Waals surface area contributed by atoms with E-state index >= 15 is 0 Å². The van der Waals surface area contributed by atoms with Crippen molar-refractivity contribution in [1.82, 2.24) is 5.32 Å². The zero-order chi connectivity index (χ0) is 12.7. The summed E-state index contributed by atoms with van der Waals surface area (Å²) in [6.45, 7) is 0. The highest BCUT2D eigenvalue weighted by Gasteiger charge is 2.48. The summed E-state index contributed by atoms with van der Waals surface area (Å²) >= 11 is 0. The minimum Gasteiger partial charge on any atom is -0.399 e. The number of allylic oxidation sites excluding steroid dienone is 1. The van der Waals surface area contributed by atoms with Gasteiger partial charge in [0.05, 0.1) is 5.75 Å². The zero-order valence-corrected chi connectivity index (χ0v) is 11.1. The number of rotatable bonds is 4. The molecule has 1 saturated carbocycles. The predicted molar refractivity (Wildman–Crippen MR) is 69.1 cm³/mol. The summed E-state index contributed by atoms with van der Waals surface area (Å²) in [6, 6.07) is 0. The maximum Gasteiger partial charge on any atom is 0.148 e. The molecule has 0 bridgehead atoms. The van der Waals surface area contributed by atoms with E-state index in [-0.39, 0.29) is 17.2 Å². The van der Waals surface area contributed by atoms with Crippen LogP contribution in [0.15, 0.2) is 23.9 Å². The van der Waals surface area contributed by atoms with Crippen molar-refractivity contribution in [2.24, 2.45) is 17.6 Å². The van der Waals surface area contributed by atoms with Crippen molar-refractivity contribution in [1.29, 1.82) is 0 Å². The van der Waals surface area contributed by atoms with Crippen LogP contribution in [0.25, 0.3) is 0 Å². The van der Waals surface area contributed by atoms with Gasteiger partial charge in [-0.25, -0.2) is 8.42 Å². The molecule has 17 heavy (non-hydrogen) atoms. The Bertz CT molecular complexity index is 463. The van der Waals surface area contributed by atoms with Crippen LogP contribution in [0.5, 0.6) is 0 Å². The molecular weight excluding hydrogens is 236 g/mol. The summed E-state index contributed by atoms with van der Waals surface area (Å²) in [5.41, 5.74) is 6.22. The second kappa shape index (κ2) is 4.14. The number of hydrogen-bond donors (Lipinski definition) is 2. The third kappa shape index (κ3) is 2.55. The molecule has 0 saturated heterocycles. The average molecular weight is 256 g/mol. The molecule has 2 aliphatic rings. The van der Waals surface area contributed by atoms with E-state index in [1.54, 1.807) is 0 Å². The van der Waals surface area contributed by atoms with E-state index in [1.165, 1.54) is 6.26 Å². The lowest BCUT2D eigenvalue weighted by Gasteiger charge is -2.39. The maximum atomic E-state index is 11.5. The Morgan fingerprint density at radius 3 is 2.65 bits per heavy atom. The Labute approximate surface area is 103 Å². The van der Waals surface area contributed by atoms with E-state index in [0.717, 1.165) is 12.8 Å². The fraction of sp³-hybridized carbons (Fsp3) is 0.667. The first-order valence-electron chi connectivity index (χ1n) is 5.90. The molecule has 0 spiro atoms. The number of sulfone groups is 1. The van der Waals surface area contributed by atoms with E-state index in [9.17, 15) is 8.42 Å². The number of hydrogen-bond acceptors (Lipinski definition) is 4. The molecule has 2 aliphatic carbocycles. The highest BCUT2D eigenvalue weighted by molar-refractivity contribution is 7.90. The molecule has 3 N–H and O–H groups in total. The molecule has 0 aromatic rings. The highest BCUT2D eigenvalue weighted by Crippen LogP contribution is 2.46. The second-order valence-electron chi connectivity index (χ2n) is 5.16. The van der Waals surface area contributed by atoms with Crippen molar-refractivity contribution in [2.45, 2.75) is 18.4 Å². The molecule has 5 heteroatoms. The Balaban J connectivity index is 2.33. The number of likely N-dealkylation sites (N-methyl/N-ethyl adjacent to an activating group) is 1. The molecular formula is C12H20N2O2S. The number of nitrogens with two attached hydrogens (primary N) is 1. The van der Waals surface area contributed by atoms with Crippen molar-refractivity contribution in [3.63, 3.8) is 0 Å². The first kappa shape index (κ1) is 12.6. The van der Waals surface area contributed by atoms with Crippen molar-refractivity contribution in [3.05, 3.63) is 23.9 Å². The maximum absolute atomic E-state index is 11.5.